The molecule has 0 saturated heterocycles. The van der Waals surface area contributed by atoms with E-state index in [-0.39, 0.29) is 41.5 Å². The molecule has 0 aliphatic carbocycles. The Morgan fingerprint density at radius 2 is 1.15 bits per heavy atom. The van der Waals surface area contributed by atoms with Crippen LogP contribution in [0.15, 0.2) is 28.0 Å². The maximum Gasteiger partial charge on any atom is 0.337 e. The second-order valence-electron chi connectivity index (χ2n) is 5.36. The van der Waals surface area contributed by atoms with E-state index in [4.69, 9.17) is 0 Å². The second-order valence-corrected chi connectivity index (χ2v) is 9.24. The van der Waals surface area contributed by atoms with Gasteiger partial charge >= 0.3 is 5.97 Å². The summed E-state index contributed by atoms with van der Waals surface area (Å²) in [7, 11) is -6.74. The number of rotatable bonds is 9. The number of carbonyl (C=O) groups is 1. The zero-order valence-electron chi connectivity index (χ0n) is 15.7. The third-order valence-corrected chi connectivity index (χ3v) is 8.04. The van der Waals surface area contributed by atoms with E-state index in [9.17, 15) is 21.6 Å². The molecule has 1 aromatic rings. The molecular formula is C16H26N2O6S2. The zero-order valence-corrected chi connectivity index (χ0v) is 17.4. The fourth-order valence-electron chi connectivity index (χ4n) is 2.53. The van der Waals surface area contributed by atoms with Gasteiger partial charge in [0.1, 0.15) is 0 Å². The summed E-state index contributed by atoms with van der Waals surface area (Å²) < 4.78 is 58.3. The third-order valence-electron chi connectivity index (χ3n) is 3.99. The molecule has 0 saturated carbocycles. The molecule has 0 aromatic heterocycles. The summed E-state index contributed by atoms with van der Waals surface area (Å²) in [5.41, 5.74) is -0.133. The number of carbonyl (C=O) groups excluding carboxylic acids is 1. The second kappa shape index (κ2) is 8.94. The van der Waals surface area contributed by atoms with E-state index in [1.807, 2.05) is 0 Å². The van der Waals surface area contributed by atoms with Crippen molar-refractivity contribution in [2.24, 2.45) is 0 Å². The van der Waals surface area contributed by atoms with Gasteiger partial charge in [-0.15, -0.1) is 0 Å². The van der Waals surface area contributed by atoms with Crippen molar-refractivity contribution in [1.82, 2.24) is 8.61 Å². The van der Waals surface area contributed by atoms with Gasteiger partial charge in [0.05, 0.1) is 22.5 Å². The Kier molecular flexibility index (Phi) is 7.75. The summed E-state index contributed by atoms with van der Waals surface area (Å²) in [6, 6.07) is 3.37. The van der Waals surface area contributed by atoms with Crippen molar-refractivity contribution in [3.05, 3.63) is 23.8 Å². The molecular weight excluding hydrogens is 380 g/mol. The maximum atomic E-state index is 12.8. The molecule has 1 aromatic carbocycles. The van der Waals surface area contributed by atoms with Crippen molar-refractivity contribution in [3.8, 4) is 0 Å². The predicted molar refractivity (Wildman–Crippen MR) is 98.0 cm³/mol. The summed E-state index contributed by atoms with van der Waals surface area (Å²) >= 11 is 0. The van der Waals surface area contributed by atoms with Gasteiger partial charge in [-0.3, -0.25) is 0 Å². The van der Waals surface area contributed by atoms with Crippen LogP contribution in [0.3, 0.4) is 0 Å². The summed E-state index contributed by atoms with van der Waals surface area (Å²) in [6.07, 6.45) is 0. The fraction of sp³-hybridized carbons (Fsp3) is 0.562. The van der Waals surface area contributed by atoms with Crippen LogP contribution in [0.1, 0.15) is 38.1 Å². The quantitative estimate of drug-likeness (QED) is 0.577. The lowest BCUT2D eigenvalue weighted by molar-refractivity contribution is 0.0600. The number of hydrogen-bond donors (Lipinski definition) is 0. The van der Waals surface area contributed by atoms with E-state index in [1.165, 1.54) is 8.61 Å². The van der Waals surface area contributed by atoms with Gasteiger partial charge in [-0.05, 0) is 18.2 Å². The standard InChI is InChI=1S/C16H26N2O6S2/c1-6-17(7-2)25(20,21)14-10-13(16(19)24-5)11-15(12-14)26(22,23)18(8-3)9-4/h10-12H,6-9H2,1-5H3. The van der Waals surface area contributed by atoms with E-state index >= 15 is 0 Å². The molecule has 10 heteroatoms. The van der Waals surface area contributed by atoms with Gasteiger partial charge in [-0.2, -0.15) is 8.61 Å². The molecule has 1 rings (SSSR count). The molecule has 0 aliphatic heterocycles. The monoisotopic (exact) mass is 406 g/mol. The summed E-state index contributed by atoms with van der Waals surface area (Å²) in [4.78, 5) is 11.4. The van der Waals surface area contributed by atoms with Gasteiger partial charge in [-0.1, -0.05) is 27.7 Å². The first kappa shape index (κ1) is 22.6. The first-order valence-corrected chi connectivity index (χ1v) is 11.2. The van der Waals surface area contributed by atoms with E-state index in [2.05, 4.69) is 4.74 Å². The number of sulfonamides is 2. The van der Waals surface area contributed by atoms with Gasteiger partial charge in [-0.25, -0.2) is 21.6 Å². The van der Waals surface area contributed by atoms with Crippen LogP contribution in [0.2, 0.25) is 0 Å². The lowest BCUT2D eigenvalue weighted by atomic mass is 10.2. The summed E-state index contributed by atoms with van der Waals surface area (Å²) in [5.74, 6) is -0.808. The van der Waals surface area contributed by atoms with Gasteiger partial charge in [0, 0.05) is 26.2 Å². The maximum absolute atomic E-state index is 12.8. The molecule has 0 heterocycles. The van der Waals surface area contributed by atoms with E-state index in [1.54, 1.807) is 27.7 Å². The predicted octanol–water partition coefficient (Wildman–Crippen LogP) is 1.53. The highest BCUT2D eigenvalue weighted by Gasteiger charge is 2.29. The van der Waals surface area contributed by atoms with Crippen molar-refractivity contribution in [3.63, 3.8) is 0 Å². The minimum atomic E-state index is -3.94. The van der Waals surface area contributed by atoms with Gasteiger partial charge in [0.2, 0.25) is 20.0 Å². The highest BCUT2D eigenvalue weighted by molar-refractivity contribution is 7.90. The Labute approximate surface area is 155 Å². The molecule has 0 unspecified atom stereocenters. The molecule has 0 amide bonds. The average Bonchev–Trinajstić information content (AvgIpc) is 2.62. The van der Waals surface area contributed by atoms with Crippen molar-refractivity contribution >= 4 is 26.0 Å². The highest BCUT2D eigenvalue weighted by atomic mass is 32.2. The molecule has 148 valence electrons. The average molecular weight is 407 g/mol. The van der Waals surface area contributed by atoms with E-state index < -0.39 is 26.0 Å². The Morgan fingerprint density at radius 3 is 1.42 bits per heavy atom. The first-order valence-electron chi connectivity index (χ1n) is 8.33. The van der Waals surface area contributed by atoms with Crippen molar-refractivity contribution in [2.45, 2.75) is 37.5 Å². The van der Waals surface area contributed by atoms with E-state index in [0.717, 1.165) is 25.3 Å². The minimum Gasteiger partial charge on any atom is -0.465 e. The number of nitrogens with zero attached hydrogens (tertiary/aromatic N) is 2. The molecule has 0 N–H and O–H groups in total. The van der Waals surface area contributed by atoms with Crippen LogP contribution < -0.4 is 0 Å². The van der Waals surface area contributed by atoms with E-state index in [0.29, 0.717) is 0 Å². The molecule has 0 atom stereocenters. The number of methoxy groups -OCH3 is 1. The zero-order chi connectivity index (χ0) is 20.1. The van der Waals surface area contributed by atoms with Crippen molar-refractivity contribution in [1.29, 1.82) is 0 Å². The van der Waals surface area contributed by atoms with Gasteiger partial charge in [0.25, 0.3) is 0 Å². The number of benzene rings is 1. The largest absolute Gasteiger partial charge is 0.465 e. The lowest BCUT2D eigenvalue weighted by Gasteiger charge is -2.21. The van der Waals surface area contributed by atoms with Crippen LogP contribution in [0.4, 0.5) is 0 Å². The molecule has 0 radical (unpaired) electrons. The minimum absolute atomic E-state index is 0.133. The van der Waals surface area contributed by atoms with Gasteiger partial charge < -0.3 is 4.74 Å². The number of ether oxygens (including phenoxy) is 1. The topological polar surface area (TPSA) is 101 Å². The molecule has 0 fully saturated rings. The number of hydrogen-bond acceptors (Lipinski definition) is 6. The van der Waals surface area contributed by atoms with Crippen LogP contribution in [0.5, 0.6) is 0 Å². The van der Waals surface area contributed by atoms with Crippen LogP contribution >= 0.6 is 0 Å². The smallest absolute Gasteiger partial charge is 0.337 e. The van der Waals surface area contributed by atoms with Crippen LogP contribution in [0.25, 0.3) is 0 Å². The van der Waals surface area contributed by atoms with Crippen LogP contribution in [-0.2, 0) is 24.8 Å². The van der Waals surface area contributed by atoms with Crippen LogP contribution in [-0.4, -0.2) is 64.7 Å². The molecule has 0 bridgehead atoms. The normalized spacial score (nSPS) is 12.6. The van der Waals surface area contributed by atoms with Gasteiger partial charge in [0.15, 0.2) is 0 Å². The molecule has 0 spiro atoms. The number of esters is 1. The molecule has 8 nitrogen and oxygen atoms in total. The summed E-state index contributed by atoms with van der Waals surface area (Å²) in [5, 5.41) is 0. The Hall–Kier alpha value is -1.49. The van der Waals surface area contributed by atoms with Crippen molar-refractivity contribution < 1.29 is 26.4 Å². The van der Waals surface area contributed by atoms with Crippen LogP contribution in [0, 0.1) is 0 Å². The highest BCUT2D eigenvalue weighted by Crippen LogP contribution is 2.25. The summed E-state index contributed by atoms with van der Waals surface area (Å²) in [6.45, 7) is 7.60. The Balaban J connectivity index is 3.73. The Bertz CT molecular complexity index is 781. The fourth-order valence-corrected chi connectivity index (χ4v) is 5.66. The SMILES string of the molecule is CCN(CC)S(=O)(=O)c1cc(C(=O)OC)cc(S(=O)(=O)N(CC)CC)c1. The van der Waals surface area contributed by atoms with Crippen molar-refractivity contribution in [2.75, 3.05) is 33.3 Å². The molecule has 26 heavy (non-hydrogen) atoms. The molecule has 0 aliphatic rings. The lowest BCUT2D eigenvalue weighted by Crippen LogP contribution is -2.32. The third kappa shape index (κ3) is 4.43. The first-order chi connectivity index (χ1) is 12.1. The Morgan fingerprint density at radius 1 is 0.808 bits per heavy atom.